The molecule has 1 fully saturated rings. The first-order valence-electron chi connectivity index (χ1n) is 8.94. The van der Waals surface area contributed by atoms with Gasteiger partial charge in [-0.05, 0) is 33.1 Å². The summed E-state index contributed by atoms with van der Waals surface area (Å²) in [4.78, 5) is 23.6. The van der Waals surface area contributed by atoms with Gasteiger partial charge in [-0.3, -0.25) is 4.79 Å². The molecule has 0 aliphatic carbocycles. The molecule has 0 saturated carbocycles. The van der Waals surface area contributed by atoms with Crippen LogP contribution in [0.15, 0.2) is 0 Å². The van der Waals surface area contributed by atoms with Crippen LogP contribution in [0, 0.1) is 12.5 Å². The Balaban J connectivity index is 0. The van der Waals surface area contributed by atoms with E-state index < -0.39 is 53.3 Å². The molecule has 1 aliphatic rings. The molecule has 9 nitrogen and oxygen atoms in total. The van der Waals surface area contributed by atoms with Gasteiger partial charge in [0.1, 0.15) is 42.9 Å². The van der Waals surface area contributed by atoms with Crippen molar-refractivity contribution in [2.24, 2.45) is 0 Å². The van der Waals surface area contributed by atoms with Crippen LogP contribution >= 0.6 is 0 Å². The van der Waals surface area contributed by atoms with E-state index in [0.29, 0.717) is 6.04 Å². The van der Waals surface area contributed by atoms with Crippen molar-refractivity contribution in [2.45, 2.75) is 75.9 Å². The Morgan fingerprint density at radius 3 is 2.18 bits per heavy atom. The van der Waals surface area contributed by atoms with Gasteiger partial charge < -0.3 is 38.4 Å². The number of Topliss-reactive ketones (excluding diaryl/α,β-unsaturated/α-hetero) is 1. The monoisotopic (exact) mass is 438 g/mol. The Labute approximate surface area is 170 Å². The molecule has 0 amide bonds. The second kappa shape index (κ2) is 9.97. The molecule has 11 heteroatoms. The van der Waals surface area contributed by atoms with E-state index in [0.717, 1.165) is 0 Å². The van der Waals surface area contributed by atoms with Gasteiger partial charge in [-0.2, -0.15) is 0 Å². The molecule has 0 bridgehead atoms. The highest BCUT2D eigenvalue weighted by molar-refractivity contribution is 6.87. The number of hydrogen-bond acceptors (Lipinski definition) is 9. The number of carbonyl (C=O) groups is 2. The normalized spacial score (nSPS) is 28.3. The maximum absolute atomic E-state index is 12.2. The van der Waals surface area contributed by atoms with E-state index in [1.807, 2.05) is 32.3 Å². The third-order valence-corrected chi connectivity index (χ3v) is 11.0. The second-order valence-electron chi connectivity index (χ2n) is 8.11. The van der Waals surface area contributed by atoms with Crippen molar-refractivity contribution in [2.75, 3.05) is 6.61 Å². The molecule has 1 heterocycles. The molecule has 0 aromatic carbocycles. The van der Waals surface area contributed by atoms with E-state index in [1.54, 1.807) is 0 Å². The van der Waals surface area contributed by atoms with Gasteiger partial charge in [0, 0.05) is 8.90 Å². The summed E-state index contributed by atoms with van der Waals surface area (Å²) in [5.74, 6) is -0.493. The van der Waals surface area contributed by atoms with Crippen molar-refractivity contribution >= 4 is 28.4 Å². The topological polar surface area (TPSA) is 132 Å². The zero-order valence-electron chi connectivity index (χ0n) is 16.9. The predicted molar refractivity (Wildman–Crippen MR) is 108 cm³/mol. The minimum Gasteiger partial charge on any atom is -0.463 e. The second-order valence-corrected chi connectivity index (χ2v) is 16.7. The predicted octanol–water partition coefficient (Wildman–Crippen LogP) is 0.452. The summed E-state index contributed by atoms with van der Waals surface area (Å²) in [6, 6.07) is 0.428. The number of ether oxygens (including phenoxy) is 3. The standard InChI is InChI=1S/C17H30O9Si2.2H2/c1-7-23-17-16(22)15(21)14(20)12(25-17)8-24-13(19)10-28(5,6)26-27(3,4)9-11(2)18;;/h1,12,14-17,20-22H,8-10H2,2-6H3;2*1H. The van der Waals surface area contributed by atoms with Gasteiger partial charge in [-0.15, -0.1) is 0 Å². The van der Waals surface area contributed by atoms with Gasteiger partial charge >= 0.3 is 5.97 Å². The number of rotatable bonds is 9. The fourth-order valence-corrected chi connectivity index (χ4v) is 11.8. The summed E-state index contributed by atoms with van der Waals surface area (Å²) in [6.45, 7) is 8.75. The molecule has 1 saturated heterocycles. The minimum atomic E-state index is -2.43. The van der Waals surface area contributed by atoms with Gasteiger partial charge in [0.2, 0.25) is 6.29 Å². The third-order valence-electron chi connectivity index (χ3n) is 4.06. The Morgan fingerprint density at radius 2 is 1.64 bits per heavy atom. The van der Waals surface area contributed by atoms with Crippen molar-refractivity contribution in [3.63, 3.8) is 0 Å². The van der Waals surface area contributed by atoms with E-state index in [9.17, 15) is 24.9 Å². The first-order valence-corrected chi connectivity index (χ1v) is 15.2. The number of esters is 1. The van der Waals surface area contributed by atoms with E-state index in [1.165, 1.54) is 6.92 Å². The molecule has 5 unspecified atom stereocenters. The van der Waals surface area contributed by atoms with Crippen LogP contribution in [0.3, 0.4) is 0 Å². The van der Waals surface area contributed by atoms with Crippen LogP contribution in [0.5, 0.6) is 0 Å². The molecule has 0 aromatic rings. The summed E-state index contributed by atoms with van der Waals surface area (Å²) in [7, 11) is -4.66. The number of carbonyl (C=O) groups excluding carboxylic acids is 2. The number of aliphatic hydroxyl groups is 3. The number of aliphatic hydroxyl groups excluding tert-OH is 3. The first kappa shape index (κ1) is 24.8. The van der Waals surface area contributed by atoms with Gasteiger partial charge in [0.15, 0.2) is 16.6 Å². The molecule has 0 spiro atoms. The molecule has 1 aliphatic heterocycles. The quantitative estimate of drug-likeness (QED) is 0.267. The largest absolute Gasteiger partial charge is 0.463 e. The summed E-state index contributed by atoms with van der Waals surface area (Å²) in [5, 5.41) is 29.6. The van der Waals surface area contributed by atoms with Crippen molar-refractivity contribution in [1.29, 1.82) is 0 Å². The molecule has 5 atom stereocenters. The van der Waals surface area contributed by atoms with Crippen molar-refractivity contribution in [3.8, 4) is 12.5 Å². The maximum Gasteiger partial charge on any atom is 0.305 e. The Kier molecular flexibility index (Phi) is 8.82. The molecule has 28 heavy (non-hydrogen) atoms. The maximum atomic E-state index is 12.2. The smallest absolute Gasteiger partial charge is 0.305 e. The van der Waals surface area contributed by atoms with Crippen LogP contribution in [-0.4, -0.2) is 81.0 Å². The summed E-state index contributed by atoms with van der Waals surface area (Å²) < 4.78 is 21.3. The summed E-state index contributed by atoms with van der Waals surface area (Å²) >= 11 is 0. The van der Waals surface area contributed by atoms with Crippen LogP contribution in [0.25, 0.3) is 0 Å². The molecule has 0 aromatic heterocycles. The number of ketones is 1. The molecule has 1 rings (SSSR count). The highest BCUT2D eigenvalue weighted by Gasteiger charge is 2.45. The van der Waals surface area contributed by atoms with E-state index >= 15 is 0 Å². The molecule has 3 N–H and O–H groups in total. The van der Waals surface area contributed by atoms with Crippen LogP contribution in [0.2, 0.25) is 38.3 Å². The lowest BCUT2D eigenvalue weighted by Crippen LogP contribution is -2.59. The zero-order chi connectivity index (χ0) is 21.7. The van der Waals surface area contributed by atoms with Gasteiger partial charge in [0.25, 0.3) is 0 Å². The SMILES string of the molecule is C#COC1OC(COC(=O)C[Si](C)(C)O[Si](C)(C)CC(C)=O)C(O)C(O)C1O.[HH].[HH]. The average molecular weight is 439 g/mol. The van der Waals surface area contributed by atoms with Crippen LogP contribution < -0.4 is 0 Å². The Morgan fingerprint density at radius 1 is 1.07 bits per heavy atom. The Hall–Kier alpha value is -1.27. The first-order chi connectivity index (χ1) is 12.8. The van der Waals surface area contributed by atoms with Crippen LogP contribution in [-0.2, 0) is 27.9 Å². The van der Waals surface area contributed by atoms with Crippen molar-refractivity contribution < 1.29 is 46.1 Å². The van der Waals surface area contributed by atoms with Gasteiger partial charge in [-0.1, -0.05) is 6.42 Å². The van der Waals surface area contributed by atoms with Gasteiger partial charge in [0.05, 0.1) is 6.04 Å². The van der Waals surface area contributed by atoms with E-state index in [2.05, 4.69) is 0 Å². The van der Waals surface area contributed by atoms with E-state index in [-0.39, 0.29) is 21.3 Å². The number of hydrogen-bond donors (Lipinski definition) is 3. The van der Waals surface area contributed by atoms with Crippen molar-refractivity contribution in [1.82, 2.24) is 0 Å². The fraction of sp³-hybridized carbons (Fsp3) is 0.765. The van der Waals surface area contributed by atoms with E-state index in [4.69, 9.17) is 24.7 Å². The van der Waals surface area contributed by atoms with Gasteiger partial charge in [-0.25, -0.2) is 0 Å². The minimum absolute atomic E-state index is 0. The lowest BCUT2D eigenvalue weighted by molar-refractivity contribution is -0.285. The van der Waals surface area contributed by atoms with Crippen LogP contribution in [0.1, 0.15) is 9.78 Å². The zero-order valence-corrected chi connectivity index (χ0v) is 18.9. The lowest BCUT2D eigenvalue weighted by atomic mass is 9.99. The molecule has 164 valence electrons. The Bertz CT molecular complexity index is 613. The number of terminal acetylenes is 1. The summed E-state index contributed by atoms with van der Waals surface area (Å²) in [5.41, 5.74) is 0. The lowest BCUT2D eigenvalue weighted by Gasteiger charge is -2.38. The molecule has 0 radical (unpaired) electrons. The molecular weight excluding hydrogens is 404 g/mol. The highest BCUT2D eigenvalue weighted by Crippen LogP contribution is 2.24. The van der Waals surface area contributed by atoms with Crippen LogP contribution in [0.4, 0.5) is 0 Å². The van der Waals surface area contributed by atoms with Crippen molar-refractivity contribution in [3.05, 3.63) is 0 Å². The average Bonchev–Trinajstić information content (AvgIpc) is 2.51. The molecular formula is C17H34O9Si2. The fourth-order valence-electron chi connectivity index (χ4n) is 3.21. The highest BCUT2D eigenvalue weighted by atomic mass is 28.4. The third kappa shape index (κ3) is 7.63. The summed E-state index contributed by atoms with van der Waals surface area (Å²) in [6.07, 6.45) is -0.211.